The first-order valence-electron chi connectivity index (χ1n) is 4.41. The lowest BCUT2D eigenvalue weighted by Crippen LogP contribution is -2.33. The highest BCUT2D eigenvalue weighted by atomic mass is 79.9. The van der Waals surface area contributed by atoms with E-state index in [0.717, 1.165) is 0 Å². The maximum absolute atomic E-state index is 11.4. The molecular formula is C8H9BrN4O2. The molecule has 7 heteroatoms. The summed E-state index contributed by atoms with van der Waals surface area (Å²) in [5.74, 6) is 0.198. The van der Waals surface area contributed by atoms with Crippen LogP contribution < -0.4 is 5.43 Å². The number of alkyl halides is 1. The first-order chi connectivity index (χ1) is 7.22. The normalized spacial score (nSPS) is 22.8. The Morgan fingerprint density at radius 3 is 3.33 bits per heavy atom. The number of carbonyl (C=O) groups is 1. The summed E-state index contributed by atoms with van der Waals surface area (Å²) in [4.78, 5) is 11.4. The van der Waals surface area contributed by atoms with Crippen LogP contribution >= 0.6 is 15.9 Å². The lowest BCUT2D eigenvalue weighted by atomic mass is 10.2. The van der Waals surface area contributed by atoms with Crippen LogP contribution in [0.1, 0.15) is 6.92 Å². The Labute approximate surface area is 94.8 Å². The van der Waals surface area contributed by atoms with Gasteiger partial charge in [0.1, 0.15) is 0 Å². The van der Waals surface area contributed by atoms with E-state index in [9.17, 15) is 4.79 Å². The first-order valence-corrected chi connectivity index (χ1v) is 5.33. The average molecular weight is 273 g/mol. The minimum atomic E-state index is -0.387. The lowest BCUT2D eigenvalue weighted by molar-refractivity contribution is -0.137. The third-order valence-corrected chi connectivity index (χ3v) is 2.44. The van der Waals surface area contributed by atoms with Gasteiger partial charge in [-0.1, -0.05) is 0 Å². The number of hydrogen-bond donors (Lipinski definition) is 1. The number of hydrogen-bond acceptors (Lipinski definition) is 6. The largest absolute Gasteiger partial charge is 0.462 e. The second-order valence-electron chi connectivity index (χ2n) is 2.84. The van der Waals surface area contributed by atoms with Gasteiger partial charge in [-0.2, -0.15) is 10.2 Å². The molecule has 1 unspecified atom stereocenters. The van der Waals surface area contributed by atoms with Gasteiger partial charge in [0.05, 0.1) is 18.4 Å². The lowest BCUT2D eigenvalue weighted by Gasteiger charge is -2.18. The maximum atomic E-state index is 11.4. The van der Waals surface area contributed by atoms with Crippen LogP contribution in [0.2, 0.25) is 0 Å². The highest BCUT2D eigenvalue weighted by molar-refractivity contribution is 9.09. The SMILES string of the molecule is CCOC(=O)C1=CC2=NNC(Br)N2N=C1. The summed E-state index contributed by atoms with van der Waals surface area (Å²) in [6, 6.07) is 0. The molecular weight excluding hydrogens is 264 g/mol. The van der Waals surface area contributed by atoms with Crippen LogP contribution in [-0.4, -0.2) is 34.7 Å². The summed E-state index contributed by atoms with van der Waals surface area (Å²) in [5, 5.41) is 9.49. The molecule has 2 rings (SSSR count). The van der Waals surface area contributed by atoms with Gasteiger partial charge in [0, 0.05) is 6.08 Å². The van der Waals surface area contributed by atoms with Crippen LogP contribution in [0.3, 0.4) is 0 Å². The Kier molecular flexibility index (Phi) is 2.72. The van der Waals surface area contributed by atoms with E-state index < -0.39 is 0 Å². The Balaban J connectivity index is 2.15. The van der Waals surface area contributed by atoms with Gasteiger partial charge in [-0.3, -0.25) is 5.43 Å². The number of fused-ring (bicyclic) bond motifs is 1. The van der Waals surface area contributed by atoms with Gasteiger partial charge in [-0.25, -0.2) is 9.80 Å². The van der Waals surface area contributed by atoms with Crippen LogP contribution in [0, 0.1) is 0 Å². The van der Waals surface area contributed by atoms with E-state index in [1.54, 1.807) is 18.0 Å². The Morgan fingerprint density at radius 1 is 1.80 bits per heavy atom. The smallest absolute Gasteiger partial charge is 0.339 e. The molecule has 0 radical (unpaired) electrons. The number of amidine groups is 1. The van der Waals surface area contributed by atoms with E-state index in [-0.39, 0.29) is 11.0 Å². The zero-order chi connectivity index (χ0) is 10.8. The van der Waals surface area contributed by atoms with Crippen molar-refractivity contribution in [2.24, 2.45) is 10.2 Å². The zero-order valence-electron chi connectivity index (χ0n) is 7.98. The standard InChI is InChI=1S/C8H9BrN4O2/c1-2-15-7(14)5-3-6-11-12-8(9)13(6)10-4-5/h3-4,8,12H,2H2,1H3. The van der Waals surface area contributed by atoms with Crippen molar-refractivity contribution in [3.8, 4) is 0 Å². The molecule has 0 aromatic heterocycles. The van der Waals surface area contributed by atoms with Crippen molar-refractivity contribution in [3.63, 3.8) is 0 Å². The van der Waals surface area contributed by atoms with E-state index in [1.165, 1.54) is 6.21 Å². The molecule has 1 N–H and O–H groups in total. The Hall–Kier alpha value is -1.37. The number of nitrogens with one attached hydrogen (secondary N) is 1. The molecule has 15 heavy (non-hydrogen) atoms. The fraction of sp³-hybridized carbons (Fsp3) is 0.375. The summed E-state index contributed by atoms with van der Waals surface area (Å²) in [6.45, 7) is 2.10. The Bertz CT molecular complexity index is 377. The van der Waals surface area contributed by atoms with Crippen molar-refractivity contribution in [2.45, 2.75) is 12.0 Å². The van der Waals surface area contributed by atoms with Gasteiger partial charge in [0.2, 0.25) is 0 Å². The molecule has 80 valence electrons. The fourth-order valence-corrected chi connectivity index (χ4v) is 1.60. The van der Waals surface area contributed by atoms with Crippen LogP contribution in [0.15, 0.2) is 21.9 Å². The van der Waals surface area contributed by atoms with Crippen molar-refractivity contribution < 1.29 is 9.53 Å². The predicted molar refractivity (Wildman–Crippen MR) is 58.3 cm³/mol. The molecule has 0 saturated carbocycles. The number of esters is 1. The van der Waals surface area contributed by atoms with Gasteiger partial charge >= 0.3 is 5.97 Å². The summed E-state index contributed by atoms with van der Waals surface area (Å²) in [7, 11) is 0. The van der Waals surface area contributed by atoms with Gasteiger partial charge < -0.3 is 4.74 Å². The molecule has 0 aromatic rings. The molecule has 0 fully saturated rings. The third-order valence-electron chi connectivity index (χ3n) is 1.85. The highest BCUT2D eigenvalue weighted by Gasteiger charge is 2.27. The van der Waals surface area contributed by atoms with E-state index in [4.69, 9.17) is 4.74 Å². The molecule has 0 spiro atoms. The Morgan fingerprint density at radius 2 is 2.60 bits per heavy atom. The molecule has 0 aliphatic carbocycles. The second-order valence-corrected chi connectivity index (χ2v) is 3.71. The second kappa shape index (κ2) is 4.01. The molecule has 2 aliphatic heterocycles. The molecule has 0 amide bonds. The number of ether oxygens (including phenoxy) is 1. The molecule has 0 aromatic carbocycles. The monoisotopic (exact) mass is 272 g/mol. The summed E-state index contributed by atoms with van der Waals surface area (Å²) < 4.78 is 4.85. The van der Waals surface area contributed by atoms with Gasteiger partial charge in [-0.05, 0) is 22.9 Å². The number of hydrazone groups is 2. The zero-order valence-corrected chi connectivity index (χ0v) is 9.56. The van der Waals surface area contributed by atoms with Crippen molar-refractivity contribution in [2.75, 3.05) is 6.61 Å². The highest BCUT2D eigenvalue weighted by Crippen LogP contribution is 2.17. The molecule has 0 bridgehead atoms. The van der Waals surface area contributed by atoms with Gasteiger partial charge in [0.25, 0.3) is 0 Å². The van der Waals surface area contributed by atoms with E-state index in [0.29, 0.717) is 18.0 Å². The van der Waals surface area contributed by atoms with Crippen molar-refractivity contribution in [1.82, 2.24) is 10.4 Å². The van der Waals surface area contributed by atoms with Crippen molar-refractivity contribution in [3.05, 3.63) is 11.6 Å². The maximum Gasteiger partial charge on any atom is 0.339 e. The predicted octanol–water partition coefficient (Wildman–Crippen LogP) is 0.372. The fourth-order valence-electron chi connectivity index (χ4n) is 1.18. The van der Waals surface area contributed by atoms with Gasteiger partial charge in [0.15, 0.2) is 10.9 Å². The summed E-state index contributed by atoms with van der Waals surface area (Å²) in [5.41, 5.74) is 3.17. The van der Waals surface area contributed by atoms with E-state index in [2.05, 4.69) is 31.6 Å². The number of rotatable bonds is 2. The molecule has 6 nitrogen and oxygen atoms in total. The first kappa shape index (κ1) is 10.2. The number of halogens is 1. The number of nitrogens with zero attached hydrogens (tertiary/aromatic N) is 3. The third kappa shape index (κ3) is 1.87. The van der Waals surface area contributed by atoms with Crippen LogP contribution in [0.25, 0.3) is 0 Å². The minimum absolute atomic E-state index is 0.163. The van der Waals surface area contributed by atoms with Crippen molar-refractivity contribution >= 4 is 33.9 Å². The van der Waals surface area contributed by atoms with Crippen LogP contribution in [-0.2, 0) is 9.53 Å². The van der Waals surface area contributed by atoms with Crippen molar-refractivity contribution in [1.29, 1.82) is 0 Å². The van der Waals surface area contributed by atoms with Gasteiger partial charge in [-0.15, -0.1) is 0 Å². The van der Waals surface area contributed by atoms with Crippen LogP contribution in [0.4, 0.5) is 0 Å². The molecule has 1 atom stereocenters. The average Bonchev–Trinajstić information content (AvgIpc) is 2.60. The summed E-state index contributed by atoms with van der Waals surface area (Å²) in [6.07, 6.45) is 3.08. The van der Waals surface area contributed by atoms with E-state index in [1.807, 2.05) is 0 Å². The van der Waals surface area contributed by atoms with E-state index >= 15 is 0 Å². The van der Waals surface area contributed by atoms with Crippen LogP contribution in [0.5, 0.6) is 0 Å². The number of carbonyl (C=O) groups excluding carboxylic acids is 1. The summed E-state index contributed by atoms with van der Waals surface area (Å²) >= 11 is 3.31. The molecule has 2 heterocycles. The minimum Gasteiger partial charge on any atom is -0.462 e. The molecule has 2 aliphatic rings. The molecule has 0 saturated heterocycles. The topological polar surface area (TPSA) is 66.3 Å². The quantitative estimate of drug-likeness (QED) is 0.448.